The molecule has 0 bridgehead atoms. The number of fused-ring (bicyclic) bond motifs is 1. The number of unbranched alkanes of at least 4 members (excludes halogenated alkanes) is 1. The Morgan fingerprint density at radius 1 is 1.19 bits per heavy atom. The van der Waals surface area contributed by atoms with Gasteiger partial charge in [-0.3, -0.25) is 4.90 Å². The van der Waals surface area contributed by atoms with Gasteiger partial charge in [0.2, 0.25) is 0 Å². The minimum absolute atomic E-state index is 0.121. The van der Waals surface area contributed by atoms with Gasteiger partial charge in [-0.15, -0.1) is 0 Å². The van der Waals surface area contributed by atoms with E-state index in [1.54, 1.807) is 19.2 Å². The molecule has 0 amide bonds. The molecule has 0 radical (unpaired) electrons. The lowest BCUT2D eigenvalue weighted by atomic mass is 10.0. The molecule has 0 fully saturated rings. The first kappa shape index (κ1) is 21.8. The Hall–Kier alpha value is -2.38. The molecule has 7 heteroatoms. The van der Waals surface area contributed by atoms with E-state index in [9.17, 15) is 5.11 Å². The van der Waals surface area contributed by atoms with E-state index in [-0.39, 0.29) is 13.2 Å². The predicted octanol–water partition coefficient (Wildman–Crippen LogP) is 4.02. The molecule has 1 aliphatic rings. The van der Waals surface area contributed by atoms with Crippen molar-refractivity contribution in [3.63, 3.8) is 0 Å². The number of imidazole rings is 1. The lowest BCUT2D eigenvalue weighted by Crippen LogP contribution is -2.29. The zero-order valence-electron chi connectivity index (χ0n) is 17.7. The Labute approximate surface area is 187 Å². The molecule has 0 spiro atoms. The molecular formula is C24H28ClN3O3. The molecule has 0 atom stereocenters. The molecule has 2 N–H and O–H groups in total. The van der Waals surface area contributed by atoms with Gasteiger partial charge in [-0.2, -0.15) is 0 Å². The van der Waals surface area contributed by atoms with Crippen molar-refractivity contribution in [1.29, 1.82) is 0 Å². The van der Waals surface area contributed by atoms with Crippen LogP contribution in [0.15, 0.2) is 42.7 Å². The quantitative estimate of drug-likeness (QED) is 0.517. The molecule has 2 aromatic heterocycles. The fraction of sp³-hybridized carbons (Fsp3) is 0.375. The number of ether oxygens (including phenoxy) is 1. The van der Waals surface area contributed by atoms with E-state index < -0.39 is 0 Å². The molecule has 0 aliphatic carbocycles. The molecule has 0 saturated heterocycles. The fourth-order valence-electron chi connectivity index (χ4n) is 4.06. The average Bonchev–Trinajstić information content (AvgIpc) is 3.23. The number of pyridine rings is 1. The molecular weight excluding hydrogens is 414 g/mol. The molecule has 164 valence electrons. The summed E-state index contributed by atoms with van der Waals surface area (Å²) in [6.45, 7) is 3.15. The van der Waals surface area contributed by atoms with Crippen LogP contribution in [0.2, 0.25) is 5.02 Å². The van der Waals surface area contributed by atoms with E-state index in [2.05, 4.69) is 23.1 Å². The van der Waals surface area contributed by atoms with Crippen molar-refractivity contribution in [2.75, 3.05) is 33.4 Å². The second-order valence-electron chi connectivity index (χ2n) is 7.82. The summed E-state index contributed by atoms with van der Waals surface area (Å²) in [7, 11) is 1.56. The number of benzene rings is 1. The van der Waals surface area contributed by atoms with E-state index in [0.29, 0.717) is 10.8 Å². The first-order valence-corrected chi connectivity index (χ1v) is 11.0. The number of hydrogen-bond donors (Lipinski definition) is 2. The summed E-state index contributed by atoms with van der Waals surface area (Å²) < 4.78 is 7.25. The number of aliphatic hydroxyl groups is 2. The highest BCUT2D eigenvalue weighted by molar-refractivity contribution is 6.32. The van der Waals surface area contributed by atoms with E-state index >= 15 is 0 Å². The number of aromatic nitrogens is 2. The van der Waals surface area contributed by atoms with E-state index in [0.717, 1.165) is 61.4 Å². The number of hydrogen-bond acceptors (Lipinski definition) is 5. The topological polar surface area (TPSA) is 70.2 Å². The molecule has 31 heavy (non-hydrogen) atoms. The Morgan fingerprint density at radius 3 is 2.77 bits per heavy atom. The standard InChI is InChI=1S/C24H28ClN3O3/c1-31-23-12-19(16-30)20(14-21(23)25)22-15-28-10-6-18(13-24(28)26-22)17-4-8-27(9-5-17)7-2-3-11-29/h4,6,10,12-15,29-30H,2-3,5,7-9,11,16H2,1H3. The van der Waals surface area contributed by atoms with Gasteiger partial charge in [-0.1, -0.05) is 17.7 Å². The van der Waals surface area contributed by atoms with Gasteiger partial charge in [0, 0.05) is 37.7 Å². The van der Waals surface area contributed by atoms with Crippen LogP contribution in [0.5, 0.6) is 5.75 Å². The third kappa shape index (κ3) is 4.77. The Morgan fingerprint density at radius 2 is 2.06 bits per heavy atom. The monoisotopic (exact) mass is 441 g/mol. The van der Waals surface area contributed by atoms with Crippen LogP contribution in [0.4, 0.5) is 0 Å². The molecule has 3 aromatic rings. The first-order valence-electron chi connectivity index (χ1n) is 10.6. The number of rotatable bonds is 8. The number of methoxy groups -OCH3 is 1. The molecule has 6 nitrogen and oxygen atoms in total. The average molecular weight is 442 g/mol. The second-order valence-corrected chi connectivity index (χ2v) is 8.23. The van der Waals surface area contributed by atoms with Crippen molar-refractivity contribution in [2.24, 2.45) is 0 Å². The lowest BCUT2D eigenvalue weighted by molar-refractivity contribution is 0.253. The van der Waals surface area contributed by atoms with Crippen LogP contribution in [-0.4, -0.2) is 57.8 Å². The van der Waals surface area contributed by atoms with Crippen molar-refractivity contribution >= 4 is 22.8 Å². The van der Waals surface area contributed by atoms with Gasteiger partial charge < -0.3 is 19.4 Å². The van der Waals surface area contributed by atoms with Gasteiger partial charge in [-0.05, 0) is 66.8 Å². The summed E-state index contributed by atoms with van der Waals surface area (Å²) in [6, 6.07) is 7.79. The molecule has 1 aromatic carbocycles. The van der Waals surface area contributed by atoms with Gasteiger partial charge in [0.1, 0.15) is 11.4 Å². The Kier molecular flexibility index (Phi) is 6.92. The maximum absolute atomic E-state index is 9.81. The number of nitrogens with zero attached hydrogens (tertiary/aromatic N) is 3. The highest BCUT2D eigenvalue weighted by atomic mass is 35.5. The van der Waals surface area contributed by atoms with Crippen molar-refractivity contribution in [2.45, 2.75) is 25.9 Å². The van der Waals surface area contributed by atoms with Gasteiger partial charge >= 0.3 is 0 Å². The number of aliphatic hydroxyl groups excluding tert-OH is 2. The maximum atomic E-state index is 9.81. The molecule has 0 saturated carbocycles. The van der Waals surface area contributed by atoms with Crippen LogP contribution in [0.1, 0.15) is 30.4 Å². The Balaban J connectivity index is 1.58. The largest absolute Gasteiger partial charge is 0.495 e. The van der Waals surface area contributed by atoms with Crippen molar-refractivity contribution in [3.05, 3.63) is 58.9 Å². The zero-order chi connectivity index (χ0) is 21.8. The van der Waals surface area contributed by atoms with Crippen LogP contribution < -0.4 is 4.74 Å². The van der Waals surface area contributed by atoms with E-state index in [1.165, 1.54) is 11.1 Å². The van der Waals surface area contributed by atoms with Crippen LogP contribution in [0, 0.1) is 0 Å². The van der Waals surface area contributed by atoms with Crippen molar-refractivity contribution < 1.29 is 14.9 Å². The summed E-state index contributed by atoms with van der Waals surface area (Å²) in [5.74, 6) is 0.537. The smallest absolute Gasteiger partial charge is 0.138 e. The third-order valence-corrected chi connectivity index (χ3v) is 6.13. The minimum Gasteiger partial charge on any atom is -0.495 e. The Bertz CT molecular complexity index is 1090. The second kappa shape index (κ2) is 9.83. The van der Waals surface area contributed by atoms with Crippen LogP contribution in [0.25, 0.3) is 22.5 Å². The zero-order valence-corrected chi connectivity index (χ0v) is 18.5. The summed E-state index contributed by atoms with van der Waals surface area (Å²) in [4.78, 5) is 7.23. The van der Waals surface area contributed by atoms with Crippen LogP contribution in [0.3, 0.4) is 0 Å². The van der Waals surface area contributed by atoms with Gasteiger partial charge in [0.05, 0.1) is 24.4 Å². The normalized spacial score (nSPS) is 14.8. The maximum Gasteiger partial charge on any atom is 0.138 e. The summed E-state index contributed by atoms with van der Waals surface area (Å²) in [5, 5.41) is 19.3. The molecule has 3 heterocycles. The van der Waals surface area contributed by atoms with Crippen molar-refractivity contribution in [1.82, 2.24) is 14.3 Å². The highest BCUT2D eigenvalue weighted by Gasteiger charge is 2.16. The predicted molar refractivity (Wildman–Crippen MR) is 123 cm³/mol. The van der Waals surface area contributed by atoms with Gasteiger partial charge in [0.25, 0.3) is 0 Å². The summed E-state index contributed by atoms with van der Waals surface area (Å²) >= 11 is 6.32. The summed E-state index contributed by atoms with van der Waals surface area (Å²) in [5.41, 5.74) is 5.67. The number of halogens is 1. The van der Waals surface area contributed by atoms with Crippen LogP contribution in [-0.2, 0) is 6.61 Å². The van der Waals surface area contributed by atoms with E-state index in [4.69, 9.17) is 26.4 Å². The molecule has 4 rings (SSSR count). The first-order chi connectivity index (χ1) is 15.1. The van der Waals surface area contributed by atoms with Crippen LogP contribution >= 0.6 is 11.6 Å². The van der Waals surface area contributed by atoms with E-state index in [1.807, 2.05) is 16.8 Å². The summed E-state index contributed by atoms with van der Waals surface area (Å²) in [6.07, 6.45) is 9.18. The molecule has 0 unspecified atom stereocenters. The minimum atomic E-state index is -0.121. The van der Waals surface area contributed by atoms with Gasteiger partial charge in [-0.25, -0.2) is 4.98 Å². The highest BCUT2D eigenvalue weighted by Crippen LogP contribution is 2.34. The molecule has 1 aliphatic heterocycles. The fourth-order valence-corrected chi connectivity index (χ4v) is 4.30. The third-order valence-electron chi connectivity index (χ3n) is 5.83. The lowest BCUT2D eigenvalue weighted by Gasteiger charge is -2.26. The van der Waals surface area contributed by atoms with Gasteiger partial charge in [0.15, 0.2) is 0 Å². The SMILES string of the molecule is COc1cc(CO)c(-c2cn3ccc(C4=CCN(CCCCO)CC4)cc3n2)cc1Cl. The van der Waals surface area contributed by atoms with Crippen molar-refractivity contribution in [3.8, 4) is 17.0 Å².